The van der Waals surface area contributed by atoms with Crippen LogP contribution < -0.4 is 5.32 Å². The standard InChI is InChI=1S/C11H19N3O/c1-4-9(2)13-11(15)6-8-14-10(3)5-7-12-14/h5,7,9H,4,6,8H2,1-3H3,(H,13,15). The third-order valence-corrected chi connectivity index (χ3v) is 2.50. The number of hydrogen-bond donors (Lipinski definition) is 1. The molecule has 0 aromatic carbocycles. The highest BCUT2D eigenvalue weighted by Crippen LogP contribution is 1.98. The van der Waals surface area contributed by atoms with Crippen LogP contribution >= 0.6 is 0 Å². The van der Waals surface area contributed by atoms with Gasteiger partial charge in [-0.2, -0.15) is 5.10 Å². The Hall–Kier alpha value is -1.32. The first-order valence-electron chi connectivity index (χ1n) is 5.41. The zero-order valence-electron chi connectivity index (χ0n) is 9.66. The van der Waals surface area contributed by atoms with Crippen LogP contribution in [-0.2, 0) is 11.3 Å². The van der Waals surface area contributed by atoms with E-state index in [4.69, 9.17) is 0 Å². The van der Waals surface area contributed by atoms with Crippen molar-refractivity contribution in [3.8, 4) is 0 Å². The number of nitrogens with one attached hydrogen (secondary N) is 1. The predicted molar refractivity (Wildman–Crippen MR) is 59.5 cm³/mol. The maximum Gasteiger partial charge on any atom is 0.222 e. The Morgan fingerprint density at radius 2 is 2.40 bits per heavy atom. The third kappa shape index (κ3) is 3.73. The SMILES string of the molecule is CCC(C)NC(=O)CCn1nccc1C. The lowest BCUT2D eigenvalue weighted by atomic mass is 10.2. The molecule has 4 heteroatoms. The number of carbonyl (C=O) groups is 1. The molecule has 1 rings (SSSR count). The number of rotatable bonds is 5. The predicted octanol–water partition coefficient (Wildman–Crippen LogP) is 1.50. The van der Waals surface area contributed by atoms with E-state index in [2.05, 4.69) is 17.3 Å². The fourth-order valence-corrected chi connectivity index (χ4v) is 1.29. The van der Waals surface area contributed by atoms with Crippen LogP contribution in [0.15, 0.2) is 12.3 Å². The third-order valence-electron chi connectivity index (χ3n) is 2.50. The van der Waals surface area contributed by atoms with Gasteiger partial charge in [0.05, 0.1) is 0 Å². The van der Waals surface area contributed by atoms with Gasteiger partial charge in [0, 0.05) is 30.9 Å². The molecule has 1 heterocycles. The molecule has 0 fully saturated rings. The number of aromatic nitrogens is 2. The summed E-state index contributed by atoms with van der Waals surface area (Å²) in [6.07, 6.45) is 3.21. The normalized spacial score (nSPS) is 12.5. The molecule has 1 atom stereocenters. The first kappa shape index (κ1) is 11.8. The van der Waals surface area contributed by atoms with E-state index in [1.54, 1.807) is 6.20 Å². The zero-order valence-corrected chi connectivity index (χ0v) is 9.66. The van der Waals surface area contributed by atoms with Gasteiger partial charge in [0.25, 0.3) is 0 Å². The molecule has 1 N–H and O–H groups in total. The molecule has 1 unspecified atom stereocenters. The Kier molecular flexibility index (Phi) is 4.34. The van der Waals surface area contributed by atoms with E-state index in [-0.39, 0.29) is 11.9 Å². The molecule has 84 valence electrons. The number of amides is 1. The maximum absolute atomic E-state index is 11.5. The molecule has 1 amide bonds. The first-order valence-corrected chi connectivity index (χ1v) is 5.41. The first-order chi connectivity index (χ1) is 7.13. The van der Waals surface area contributed by atoms with E-state index < -0.39 is 0 Å². The van der Waals surface area contributed by atoms with Gasteiger partial charge in [-0.25, -0.2) is 0 Å². The molecule has 0 aliphatic rings. The van der Waals surface area contributed by atoms with Crippen LogP contribution in [0.2, 0.25) is 0 Å². The number of aryl methyl sites for hydroxylation is 2. The second kappa shape index (κ2) is 5.53. The number of carbonyl (C=O) groups excluding carboxylic acids is 1. The second-order valence-electron chi connectivity index (χ2n) is 3.82. The summed E-state index contributed by atoms with van der Waals surface area (Å²) in [5.41, 5.74) is 1.09. The lowest BCUT2D eigenvalue weighted by Gasteiger charge is -2.11. The van der Waals surface area contributed by atoms with Crippen molar-refractivity contribution in [2.75, 3.05) is 0 Å². The molecule has 0 aliphatic carbocycles. The lowest BCUT2D eigenvalue weighted by molar-refractivity contribution is -0.121. The van der Waals surface area contributed by atoms with Gasteiger partial charge in [0.15, 0.2) is 0 Å². The highest BCUT2D eigenvalue weighted by atomic mass is 16.1. The van der Waals surface area contributed by atoms with Crippen LogP contribution in [0.1, 0.15) is 32.4 Å². The van der Waals surface area contributed by atoms with Crippen LogP contribution in [0, 0.1) is 6.92 Å². The van der Waals surface area contributed by atoms with E-state index in [1.807, 2.05) is 24.6 Å². The molecule has 0 bridgehead atoms. The van der Waals surface area contributed by atoms with Crippen molar-refractivity contribution >= 4 is 5.91 Å². The minimum absolute atomic E-state index is 0.0965. The van der Waals surface area contributed by atoms with Crippen LogP contribution in [-0.4, -0.2) is 21.7 Å². The maximum atomic E-state index is 11.5. The smallest absolute Gasteiger partial charge is 0.222 e. The monoisotopic (exact) mass is 209 g/mol. The van der Waals surface area contributed by atoms with Crippen molar-refractivity contribution in [1.82, 2.24) is 15.1 Å². The minimum Gasteiger partial charge on any atom is -0.354 e. The van der Waals surface area contributed by atoms with E-state index >= 15 is 0 Å². The van der Waals surface area contributed by atoms with Gasteiger partial charge in [-0.3, -0.25) is 9.48 Å². The molecule has 1 aromatic heterocycles. The highest BCUT2D eigenvalue weighted by Gasteiger charge is 2.06. The summed E-state index contributed by atoms with van der Waals surface area (Å²) in [5.74, 6) is 0.0965. The van der Waals surface area contributed by atoms with Crippen LogP contribution in [0.3, 0.4) is 0 Å². The summed E-state index contributed by atoms with van der Waals surface area (Å²) >= 11 is 0. The fourth-order valence-electron chi connectivity index (χ4n) is 1.29. The van der Waals surface area contributed by atoms with Crippen LogP contribution in [0.4, 0.5) is 0 Å². The summed E-state index contributed by atoms with van der Waals surface area (Å²) in [6.45, 7) is 6.71. The van der Waals surface area contributed by atoms with E-state index in [1.165, 1.54) is 0 Å². The topological polar surface area (TPSA) is 46.9 Å². The average molecular weight is 209 g/mol. The summed E-state index contributed by atoms with van der Waals surface area (Å²) in [7, 11) is 0. The van der Waals surface area contributed by atoms with Gasteiger partial charge >= 0.3 is 0 Å². The van der Waals surface area contributed by atoms with Crippen molar-refractivity contribution in [1.29, 1.82) is 0 Å². The Bertz CT molecular complexity index is 319. The van der Waals surface area contributed by atoms with Gasteiger partial charge < -0.3 is 5.32 Å². The summed E-state index contributed by atoms with van der Waals surface area (Å²) in [5, 5.41) is 7.06. The molecular weight excluding hydrogens is 190 g/mol. The average Bonchev–Trinajstić information content (AvgIpc) is 2.61. The van der Waals surface area contributed by atoms with Gasteiger partial charge in [0.2, 0.25) is 5.91 Å². The van der Waals surface area contributed by atoms with Crippen molar-refractivity contribution < 1.29 is 4.79 Å². The molecule has 4 nitrogen and oxygen atoms in total. The molecule has 15 heavy (non-hydrogen) atoms. The molecule has 1 aromatic rings. The van der Waals surface area contributed by atoms with Gasteiger partial charge in [-0.1, -0.05) is 6.92 Å². The summed E-state index contributed by atoms with van der Waals surface area (Å²) < 4.78 is 1.84. The van der Waals surface area contributed by atoms with Crippen molar-refractivity contribution in [2.45, 2.75) is 46.2 Å². The van der Waals surface area contributed by atoms with Gasteiger partial charge in [0.1, 0.15) is 0 Å². The van der Waals surface area contributed by atoms with Gasteiger partial charge in [-0.15, -0.1) is 0 Å². The molecular formula is C11H19N3O. The molecule has 0 saturated carbocycles. The largest absolute Gasteiger partial charge is 0.354 e. The molecule has 0 spiro atoms. The second-order valence-corrected chi connectivity index (χ2v) is 3.82. The van der Waals surface area contributed by atoms with Crippen molar-refractivity contribution in [2.24, 2.45) is 0 Å². The number of nitrogens with zero attached hydrogens (tertiary/aromatic N) is 2. The lowest BCUT2D eigenvalue weighted by Crippen LogP contribution is -2.32. The molecule has 0 radical (unpaired) electrons. The Labute approximate surface area is 90.7 Å². The molecule has 0 aliphatic heterocycles. The van der Waals surface area contributed by atoms with Crippen LogP contribution in [0.5, 0.6) is 0 Å². The quantitative estimate of drug-likeness (QED) is 0.798. The number of hydrogen-bond acceptors (Lipinski definition) is 2. The Morgan fingerprint density at radius 3 is 2.93 bits per heavy atom. The minimum atomic E-state index is 0.0965. The summed E-state index contributed by atoms with van der Waals surface area (Å²) in [6, 6.07) is 2.20. The van der Waals surface area contributed by atoms with Crippen molar-refractivity contribution in [3.05, 3.63) is 18.0 Å². The van der Waals surface area contributed by atoms with Crippen LogP contribution in [0.25, 0.3) is 0 Å². The van der Waals surface area contributed by atoms with E-state index in [9.17, 15) is 4.79 Å². The van der Waals surface area contributed by atoms with Crippen molar-refractivity contribution in [3.63, 3.8) is 0 Å². The Balaban J connectivity index is 2.31. The fraction of sp³-hybridized carbons (Fsp3) is 0.636. The Morgan fingerprint density at radius 1 is 1.67 bits per heavy atom. The zero-order chi connectivity index (χ0) is 11.3. The molecule has 0 saturated heterocycles. The van der Waals surface area contributed by atoms with E-state index in [0.29, 0.717) is 13.0 Å². The van der Waals surface area contributed by atoms with E-state index in [0.717, 1.165) is 12.1 Å². The summed E-state index contributed by atoms with van der Waals surface area (Å²) in [4.78, 5) is 11.5. The van der Waals surface area contributed by atoms with Gasteiger partial charge in [-0.05, 0) is 26.3 Å². The highest BCUT2D eigenvalue weighted by molar-refractivity contribution is 5.76.